The summed E-state index contributed by atoms with van der Waals surface area (Å²) in [5.41, 5.74) is 1.33. The monoisotopic (exact) mass is 290 g/mol. The van der Waals surface area contributed by atoms with Crippen molar-refractivity contribution in [2.45, 2.75) is 39.7 Å². The minimum atomic E-state index is 0.363. The molecule has 0 bridgehead atoms. The second kappa shape index (κ2) is 8.35. The minimum absolute atomic E-state index is 0.363. The summed E-state index contributed by atoms with van der Waals surface area (Å²) in [4.78, 5) is 9.67. The molecule has 0 amide bonds. The maximum Gasteiger partial charge on any atom is 0.133 e. The van der Waals surface area contributed by atoms with E-state index >= 15 is 0 Å². The van der Waals surface area contributed by atoms with Crippen molar-refractivity contribution >= 4 is 5.82 Å². The van der Waals surface area contributed by atoms with Crippen LogP contribution in [0.25, 0.3) is 0 Å². The first-order valence-electron chi connectivity index (χ1n) is 8.41. The normalized spacial score (nSPS) is 18.0. The lowest BCUT2D eigenvalue weighted by atomic mass is 10.1. The van der Waals surface area contributed by atoms with E-state index in [4.69, 9.17) is 0 Å². The van der Waals surface area contributed by atoms with Crippen LogP contribution in [0.1, 0.15) is 45.2 Å². The van der Waals surface area contributed by atoms with Crippen molar-refractivity contribution in [2.75, 3.05) is 44.2 Å². The van der Waals surface area contributed by atoms with Gasteiger partial charge >= 0.3 is 0 Å². The lowest BCUT2D eigenvalue weighted by molar-refractivity contribution is 0.257. The van der Waals surface area contributed by atoms with E-state index in [9.17, 15) is 0 Å². The first kappa shape index (κ1) is 16.2. The van der Waals surface area contributed by atoms with Crippen LogP contribution < -0.4 is 10.2 Å². The van der Waals surface area contributed by atoms with Gasteiger partial charge in [0.15, 0.2) is 0 Å². The van der Waals surface area contributed by atoms with Crippen molar-refractivity contribution in [3.63, 3.8) is 0 Å². The van der Waals surface area contributed by atoms with E-state index < -0.39 is 0 Å². The van der Waals surface area contributed by atoms with Crippen molar-refractivity contribution < 1.29 is 0 Å². The SMILES string of the molecule is CCCNC(C)c1cccnc1N1CCN(CCC)CC1. The molecule has 1 unspecified atom stereocenters. The maximum absolute atomic E-state index is 4.67. The van der Waals surface area contributed by atoms with Gasteiger partial charge in [-0.2, -0.15) is 0 Å². The van der Waals surface area contributed by atoms with Crippen LogP contribution in [0.15, 0.2) is 18.3 Å². The molecule has 0 aromatic carbocycles. The van der Waals surface area contributed by atoms with Crippen LogP contribution in [0, 0.1) is 0 Å². The van der Waals surface area contributed by atoms with Crippen LogP contribution in [0.4, 0.5) is 5.82 Å². The predicted molar refractivity (Wildman–Crippen MR) is 89.9 cm³/mol. The molecule has 1 aromatic rings. The topological polar surface area (TPSA) is 31.4 Å². The van der Waals surface area contributed by atoms with Gasteiger partial charge in [-0.05, 0) is 38.9 Å². The second-order valence-electron chi connectivity index (χ2n) is 5.92. The second-order valence-corrected chi connectivity index (χ2v) is 5.92. The lowest BCUT2D eigenvalue weighted by Gasteiger charge is -2.36. The molecular weight excluding hydrogens is 260 g/mol. The molecule has 0 radical (unpaired) electrons. The van der Waals surface area contributed by atoms with Crippen LogP contribution >= 0.6 is 0 Å². The highest BCUT2D eigenvalue weighted by Crippen LogP contribution is 2.24. The number of nitrogens with one attached hydrogen (secondary N) is 1. The molecule has 0 aliphatic carbocycles. The van der Waals surface area contributed by atoms with Crippen LogP contribution in [0.3, 0.4) is 0 Å². The van der Waals surface area contributed by atoms with Gasteiger partial charge in [0.05, 0.1) is 0 Å². The molecule has 21 heavy (non-hydrogen) atoms. The Balaban J connectivity index is 2.03. The molecule has 2 rings (SSSR count). The highest BCUT2D eigenvalue weighted by molar-refractivity contribution is 5.48. The average Bonchev–Trinajstić information content (AvgIpc) is 2.54. The van der Waals surface area contributed by atoms with Crippen molar-refractivity contribution in [1.29, 1.82) is 0 Å². The van der Waals surface area contributed by atoms with E-state index in [1.807, 2.05) is 6.20 Å². The van der Waals surface area contributed by atoms with Crippen molar-refractivity contribution in [3.8, 4) is 0 Å². The van der Waals surface area contributed by atoms with Crippen LogP contribution in [-0.2, 0) is 0 Å². The summed E-state index contributed by atoms with van der Waals surface area (Å²) in [6.45, 7) is 13.5. The molecule has 1 saturated heterocycles. The van der Waals surface area contributed by atoms with Gasteiger partial charge in [0.25, 0.3) is 0 Å². The number of anilines is 1. The Bertz CT molecular complexity index is 413. The lowest BCUT2D eigenvalue weighted by Crippen LogP contribution is -2.47. The summed E-state index contributed by atoms with van der Waals surface area (Å²) < 4.78 is 0. The zero-order valence-corrected chi connectivity index (χ0v) is 13.8. The standard InChI is InChI=1S/C17H30N4/c1-4-8-18-15(3)16-7-6-9-19-17(16)21-13-11-20(10-5-2)12-14-21/h6-7,9,15,18H,4-5,8,10-14H2,1-3H3. The van der Waals surface area contributed by atoms with Crippen molar-refractivity contribution in [3.05, 3.63) is 23.9 Å². The summed E-state index contributed by atoms with van der Waals surface area (Å²) in [6, 6.07) is 4.63. The van der Waals surface area contributed by atoms with E-state index in [-0.39, 0.29) is 0 Å². The van der Waals surface area contributed by atoms with Gasteiger partial charge in [-0.1, -0.05) is 19.9 Å². The summed E-state index contributed by atoms with van der Waals surface area (Å²) in [7, 11) is 0. The Hall–Kier alpha value is -1.13. The predicted octanol–water partition coefficient (Wildman–Crippen LogP) is 2.67. The highest BCUT2D eigenvalue weighted by atomic mass is 15.3. The summed E-state index contributed by atoms with van der Waals surface area (Å²) in [5, 5.41) is 3.58. The smallest absolute Gasteiger partial charge is 0.133 e. The zero-order valence-electron chi connectivity index (χ0n) is 13.8. The minimum Gasteiger partial charge on any atom is -0.354 e. The molecule has 1 aliphatic rings. The number of aromatic nitrogens is 1. The van der Waals surface area contributed by atoms with Gasteiger partial charge < -0.3 is 10.2 Å². The van der Waals surface area contributed by atoms with Crippen LogP contribution in [0.5, 0.6) is 0 Å². The first-order chi connectivity index (χ1) is 10.3. The summed E-state index contributed by atoms with van der Waals surface area (Å²) in [6.07, 6.45) is 4.33. The quantitative estimate of drug-likeness (QED) is 0.836. The fourth-order valence-electron chi connectivity index (χ4n) is 2.98. The van der Waals surface area contributed by atoms with Gasteiger partial charge in [-0.15, -0.1) is 0 Å². The molecule has 0 saturated carbocycles. The summed E-state index contributed by atoms with van der Waals surface area (Å²) in [5.74, 6) is 1.17. The van der Waals surface area contributed by atoms with Gasteiger partial charge in [0.2, 0.25) is 0 Å². The molecule has 2 heterocycles. The number of piperazine rings is 1. The number of hydrogen-bond donors (Lipinski definition) is 1. The zero-order chi connectivity index (χ0) is 15.1. The number of hydrogen-bond acceptors (Lipinski definition) is 4. The van der Waals surface area contributed by atoms with Gasteiger partial charge in [-0.3, -0.25) is 4.90 Å². The number of pyridine rings is 1. The van der Waals surface area contributed by atoms with E-state index in [0.717, 1.165) is 39.1 Å². The Morgan fingerprint density at radius 2 is 1.95 bits per heavy atom. The van der Waals surface area contributed by atoms with Crippen LogP contribution in [0.2, 0.25) is 0 Å². The third-order valence-corrected chi connectivity index (χ3v) is 4.20. The largest absolute Gasteiger partial charge is 0.354 e. The van der Waals surface area contributed by atoms with Gasteiger partial charge in [-0.25, -0.2) is 4.98 Å². The van der Waals surface area contributed by atoms with E-state index in [1.165, 1.54) is 24.3 Å². The number of rotatable bonds is 7. The van der Waals surface area contributed by atoms with E-state index in [2.05, 4.69) is 53.0 Å². The third-order valence-electron chi connectivity index (χ3n) is 4.20. The Kier molecular flexibility index (Phi) is 6.46. The fraction of sp³-hybridized carbons (Fsp3) is 0.706. The molecule has 1 aromatic heterocycles. The van der Waals surface area contributed by atoms with Gasteiger partial charge in [0.1, 0.15) is 5.82 Å². The Morgan fingerprint density at radius 1 is 1.19 bits per heavy atom. The van der Waals surface area contributed by atoms with E-state index in [0.29, 0.717) is 6.04 Å². The Labute approximate surface area is 129 Å². The number of nitrogens with zero attached hydrogens (tertiary/aromatic N) is 3. The molecule has 1 aliphatic heterocycles. The molecule has 0 spiro atoms. The van der Waals surface area contributed by atoms with Crippen molar-refractivity contribution in [2.24, 2.45) is 0 Å². The van der Waals surface area contributed by atoms with E-state index in [1.54, 1.807) is 0 Å². The summed E-state index contributed by atoms with van der Waals surface area (Å²) >= 11 is 0. The molecule has 118 valence electrons. The molecule has 1 fully saturated rings. The molecule has 4 nitrogen and oxygen atoms in total. The first-order valence-corrected chi connectivity index (χ1v) is 8.41. The Morgan fingerprint density at radius 3 is 2.62 bits per heavy atom. The van der Waals surface area contributed by atoms with Crippen molar-refractivity contribution in [1.82, 2.24) is 15.2 Å². The van der Waals surface area contributed by atoms with Crippen LogP contribution in [-0.4, -0.2) is 49.2 Å². The maximum atomic E-state index is 4.67. The molecular formula is C17H30N4. The molecule has 4 heteroatoms. The highest BCUT2D eigenvalue weighted by Gasteiger charge is 2.21. The average molecular weight is 290 g/mol. The molecule has 1 N–H and O–H groups in total. The van der Waals surface area contributed by atoms with Gasteiger partial charge in [0, 0.05) is 44.0 Å². The molecule has 1 atom stereocenters. The fourth-order valence-corrected chi connectivity index (χ4v) is 2.98. The third kappa shape index (κ3) is 4.42.